The number of rotatable bonds is 5. The minimum absolute atomic E-state index is 0.0944. The molecule has 0 aliphatic heterocycles. The molecule has 4 rings (SSSR count). The highest BCUT2D eigenvalue weighted by Crippen LogP contribution is 2.31. The molecule has 0 radical (unpaired) electrons. The minimum atomic E-state index is -2.36. The van der Waals surface area contributed by atoms with Gasteiger partial charge in [-0.1, -0.05) is 28.1 Å². The van der Waals surface area contributed by atoms with Crippen LogP contribution in [0.1, 0.15) is 12.7 Å². The van der Waals surface area contributed by atoms with E-state index in [0.29, 0.717) is 16.9 Å². The maximum absolute atomic E-state index is 13.8. The summed E-state index contributed by atoms with van der Waals surface area (Å²) in [5.41, 5.74) is 0.763. The normalized spacial score (nSPS) is 12.0. The summed E-state index contributed by atoms with van der Waals surface area (Å²) in [7, 11) is 0. The van der Waals surface area contributed by atoms with Crippen LogP contribution in [0.5, 0.6) is 11.5 Å². The van der Waals surface area contributed by atoms with Gasteiger partial charge in [0.15, 0.2) is 11.9 Å². The molecule has 3 aromatic carbocycles. The van der Waals surface area contributed by atoms with E-state index in [-0.39, 0.29) is 22.1 Å². The molecule has 0 spiro atoms. The van der Waals surface area contributed by atoms with Crippen LogP contribution in [-0.4, -0.2) is 12.1 Å². The molecule has 0 aliphatic carbocycles. The lowest BCUT2D eigenvalue weighted by Gasteiger charge is -2.16. The number of fused-ring (bicyclic) bond motifs is 1. The van der Waals surface area contributed by atoms with E-state index in [1.54, 1.807) is 31.2 Å². The fourth-order valence-corrected chi connectivity index (χ4v) is 3.68. The van der Waals surface area contributed by atoms with Crippen LogP contribution in [0.2, 0.25) is 0 Å². The summed E-state index contributed by atoms with van der Waals surface area (Å²) in [6.45, 7) is 2.59. The van der Waals surface area contributed by atoms with E-state index in [9.17, 15) is 31.5 Å². The molecule has 0 saturated heterocycles. The van der Waals surface area contributed by atoms with Crippen molar-refractivity contribution in [1.82, 2.24) is 0 Å². The Bertz CT molecular complexity index is 1540. The average Bonchev–Trinajstić information content (AvgIpc) is 2.85. The molecular formula is C25H14BrF5O5. The average molecular weight is 569 g/mol. The Balaban J connectivity index is 1.60. The highest BCUT2D eigenvalue weighted by atomic mass is 79.9. The number of esters is 1. The zero-order chi connectivity index (χ0) is 26.3. The lowest BCUT2D eigenvalue weighted by molar-refractivity contribution is -0.141. The van der Waals surface area contributed by atoms with Crippen molar-refractivity contribution in [3.8, 4) is 22.6 Å². The lowest BCUT2D eigenvalue weighted by atomic mass is 10.0. The Kier molecular flexibility index (Phi) is 6.85. The highest BCUT2D eigenvalue weighted by Gasteiger charge is 2.30. The predicted molar refractivity (Wildman–Crippen MR) is 122 cm³/mol. The Morgan fingerprint density at radius 3 is 2.11 bits per heavy atom. The number of carbonyl (C=O) groups excluding carboxylic acids is 1. The number of halogens is 6. The molecule has 11 heteroatoms. The van der Waals surface area contributed by atoms with Crippen molar-refractivity contribution >= 4 is 32.9 Å². The van der Waals surface area contributed by atoms with Gasteiger partial charge in [-0.3, -0.25) is 4.79 Å². The summed E-state index contributed by atoms with van der Waals surface area (Å²) in [6.07, 6.45) is -1.76. The smallest absolute Gasteiger partial charge is 0.352 e. The van der Waals surface area contributed by atoms with Gasteiger partial charge in [-0.05, 0) is 43.7 Å². The molecule has 186 valence electrons. The fraction of sp³-hybridized carbons (Fsp3) is 0.120. The van der Waals surface area contributed by atoms with Gasteiger partial charge in [0, 0.05) is 10.5 Å². The number of ether oxygens (including phenoxy) is 2. The van der Waals surface area contributed by atoms with Gasteiger partial charge < -0.3 is 13.9 Å². The molecule has 4 aromatic rings. The van der Waals surface area contributed by atoms with Crippen molar-refractivity contribution in [3.63, 3.8) is 0 Å². The van der Waals surface area contributed by atoms with E-state index in [4.69, 9.17) is 9.15 Å². The molecule has 0 saturated carbocycles. The van der Waals surface area contributed by atoms with Crippen LogP contribution < -0.4 is 14.9 Å². The van der Waals surface area contributed by atoms with Crippen LogP contribution in [0.4, 0.5) is 22.0 Å². The van der Waals surface area contributed by atoms with Gasteiger partial charge in [-0.25, -0.2) is 18.0 Å². The second kappa shape index (κ2) is 9.73. The molecule has 0 aliphatic rings. The van der Waals surface area contributed by atoms with Crippen molar-refractivity contribution in [2.24, 2.45) is 0 Å². The van der Waals surface area contributed by atoms with Crippen LogP contribution in [0.25, 0.3) is 22.1 Å². The van der Waals surface area contributed by atoms with Crippen molar-refractivity contribution < 1.29 is 40.6 Å². The Morgan fingerprint density at radius 2 is 1.50 bits per heavy atom. The third-order valence-corrected chi connectivity index (χ3v) is 5.72. The second-order valence-electron chi connectivity index (χ2n) is 7.61. The van der Waals surface area contributed by atoms with Crippen molar-refractivity contribution in [1.29, 1.82) is 0 Å². The SMILES string of the molecule is Cc1oc2cc(OC(=O)C(C)Oc3c(F)c(F)c(F)c(F)c3F)ccc2c(=O)c1-c1ccc(Br)cc1. The molecule has 5 nitrogen and oxygen atoms in total. The monoisotopic (exact) mass is 568 g/mol. The van der Waals surface area contributed by atoms with Crippen LogP contribution in [0.15, 0.2) is 56.1 Å². The molecule has 1 atom stereocenters. The van der Waals surface area contributed by atoms with Gasteiger partial charge in [0.05, 0.1) is 10.9 Å². The summed E-state index contributed by atoms with van der Waals surface area (Å²) in [5, 5.41) is 0.198. The zero-order valence-electron chi connectivity index (χ0n) is 18.4. The molecule has 0 N–H and O–H groups in total. The Hall–Kier alpha value is -3.73. The Morgan fingerprint density at radius 1 is 0.917 bits per heavy atom. The summed E-state index contributed by atoms with van der Waals surface area (Å²) in [5.74, 6) is -13.9. The number of carbonyl (C=O) groups is 1. The van der Waals surface area contributed by atoms with Gasteiger partial charge in [0.1, 0.15) is 17.1 Å². The van der Waals surface area contributed by atoms with E-state index >= 15 is 0 Å². The third kappa shape index (κ3) is 4.58. The summed E-state index contributed by atoms with van der Waals surface area (Å²) in [6, 6.07) is 10.9. The summed E-state index contributed by atoms with van der Waals surface area (Å²) < 4.78 is 84.0. The maximum Gasteiger partial charge on any atom is 0.352 e. The predicted octanol–water partition coefficient (Wildman–Crippen LogP) is 6.60. The number of hydrogen-bond donors (Lipinski definition) is 0. The van der Waals surface area contributed by atoms with E-state index in [0.717, 1.165) is 11.4 Å². The maximum atomic E-state index is 13.8. The molecule has 0 fully saturated rings. The van der Waals surface area contributed by atoms with Gasteiger partial charge in [0.2, 0.25) is 34.5 Å². The summed E-state index contributed by atoms with van der Waals surface area (Å²) >= 11 is 3.33. The summed E-state index contributed by atoms with van der Waals surface area (Å²) in [4.78, 5) is 25.4. The first-order chi connectivity index (χ1) is 17.0. The largest absolute Gasteiger partial charge is 0.473 e. The fourth-order valence-electron chi connectivity index (χ4n) is 3.41. The molecule has 0 bridgehead atoms. The molecule has 1 aromatic heterocycles. The van der Waals surface area contributed by atoms with Gasteiger partial charge >= 0.3 is 5.97 Å². The topological polar surface area (TPSA) is 65.7 Å². The molecule has 36 heavy (non-hydrogen) atoms. The first-order valence-corrected chi connectivity index (χ1v) is 11.0. The molecular weight excluding hydrogens is 555 g/mol. The van der Waals surface area contributed by atoms with E-state index in [1.165, 1.54) is 18.2 Å². The molecule has 1 unspecified atom stereocenters. The Labute approximate surface area is 208 Å². The standard InChI is InChI=1S/C25H14BrF5O5/c1-10-17(12-3-5-13(26)6-4-12)23(32)15-8-7-14(9-16(15)34-10)36-25(33)11(2)35-24-21(30)19(28)18(27)20(29)22(24)31/h3-9,11H,1-2H3. The third-order valence-electron chi connectivity index (χ3n) is 5.19. The van der Waals surface area contributed by atoms with Crippen LogP contribution in [-0.2, 0) is 4.79 Å². The van der Waals surface area contributed by atoms with Gasteiger partial charge in [-0.15, -0.1) is 0 Å². The molecule has 1 heterocycles. The zero-order valence-corrected chi connectivity index (χ0v) is 20.0. The van der Waals surface area contributed by atoms with Gasteiger partial charge in [0.25, 0.3) is 0 Å². The highest BCUT2D eigenvalue weighted by molar-refractivity contribution is 9.10. The quantitative estimate of drug-likeness (QED) is 0.0892. The number of benzene rings is 3. The first-order valence-electron chi connectivity index (χ1n) is 10.2. The van der Waals surface area contributed by atoms with Crippen molar-refractivity contribution in [3.05, 3.63) is 92.0 Å². The first kappa shape index (κ1) is 25.4. The minimum Gasteiger partial charge on any atom is -0.473 e. The van der Waals surface area contributed by atoms with Crippen LogP contribution in [0.3, 0.4) is 0 Å². The van der Waals surface area contributed by atoms with Crippen LogP contribution in [0, 0.1) is 36.0 Å². The lowest BCUT2D eigenvalue weighted by Crippen LogP contribution is -2.29. The van der Waals surface area contributed by atoms with E-state index in [2.05, 4.69) is 20.7 Å². The van der Waals surface area contributed by atoms with E-state index < -0.39 is 46.9 Å². The van der Waals surface area contributed by atoms with Gasteiger partial charge in [-0.2, -0.15) is 8.78 Å². The van der Waals surface area contributed by atoms with Crippen molar-refractivity contribution in [2.75, 3.05) is 0 Å². The van der Waals surface area contributed by atoms with Crippen molar-refractivity contribution in [2.45, 2.75) is 20.0 Å². The van der Waals surface area contributed by atoms with E-state index in [1.807, 2.05) is 0 Å². The van der Waals surface area contributed by atoms with Crippen LogP contribution >= 0.6 is 15.9 Å². The number of aryl methyl sites for hydroxylation is 1. The second-order valence-corrected chi connectivity index (χ2v) is 8.52. The number of hydrogen-bond acceptors (Lipinski definition) is 5. The molecule has 0 amide bonds.